The molecule has 0 saturated heterocycles. The summed E-state index contributed by atoms with van der Waals surface area (Å²) in [5, 5.41) is 12.9. The molecule has 0 aliphatic rings. The molecule has 2 atom stereocenters. The molecule has 0 radical (unpaired) electrons. The predicted octanol–water partition coefficient (Wildman–Crippen LogP) is 2.28. The Morgan fingerprint density at radius 3 is 2.89 bits per heavy atom. The normalized spacial score (nSPS) is 14.3. The summed E-state index contributed by atoms with van der Waals surface area (Å²) in [4.78, 5) is 12.2. The largest absolute Gasteiger partial charge is 0.463 e. The van der Waals surface area contributed by atoms with Crippen molar-refractivity contribution in [1.29, 1.82) is 0 Å². The van der Waals surface area contributed by atoms with Gasteiger partial charge in [0.25, 0.3) is 5.91 Å². The van der Waals surface area contributed by atoms with E-state index in [0.29, 0.717) is 11.1 Å². The molecule has 1 amide bonds. The minimum absolute atomic E-state index is 0.0119. The van der Waals surface area contributed by atoms with Crippen LogP contribution in [0.4, 0.5) is 0 Å². The lowest BCUT2D eigenvalue weighted by Crippen LogP contribution is -2.41. The first-order valence-corrected chi connectivity index (χ1v) is 7.37. The average molecular weight is 279 g/mol. The van der Waals surface area contributed by atoms with Gasteiger partial charge in [-0.2, -0.15) is 11.8 Å². The number of rotatable bonds is 5. The van der Waals surface area contributed by atoms with Crippen molar-refractivity contribution in [3.8, 4) is 0 Å². The van der Waals surface area contributed by atoms with Gasteiger partial charge in [0.1, 0.15) is 11.8 Å². The van der Waals surface area contributed by atoms with Crippen molar-refractivity contribution < 1.29 is 14.3 Å². The molecule has 0 saturated carbocycles. The zero-order valence-corrected chi connectivity index (χ0v) is 11.7. The van der Waals surface area contributed by atoms with E-state index in [0.717, 1.165) is 5.39 Å². The summed E-state index contributed by atoms with van der Waals surface area (Å²) in [5.41, 5.74) is 1.23. The van der Waals surface area contributed by atoms with Crippen LogP contribution in [-0.4, -0.2) is 35.2 Å². The molecule has 1 heterocycles. The van der Waals surface area contributed by atoms with Crippen LogP contribution in [0.25, 0.3) is 11.0 Å². The summed E-state index contributed by atoms with van der Waals surface area (Å²) >= 11 is 1.53. The van der Waals surface area contributed by atoms with Crippen molar-refractivity contribution in [2.24, 2.45) is 0 Å². The van der Waals surface area contributed by atoms with E-state index in [1.165, 1.54) is 18.0 Å². The molecule has 2 N–H and O–H groups in total. The molecule has 0 fully saturated rings. The van der Waals surface area contributed by atoms with Gasteiger partial charge in [0, 0.05) is 16.7 Å². The second-order valence-electron chi connectivity index (χ2n) is 4.36. The molecule has 0 aliphatic carbocycles. The molecule has 2 rings (SSSR count). The van der Waals surface area contributed by atoms with E-state index in [1.54, 1.807) is 0 Å². The monoisotopic (exact) mass is 279 g/mol. The highest BCUT2D eigenvalue weighted by Gasteiger charge is 2.20. The van der Waals surface area contributed by atoms with Crippen LogP contribution in [0.1, 0.15) is 17.3 Å². The molecule has 0 bridgehead atoms. The summed E-state index contributed by atoms with van der Waals surface area (Å²) in [5.74, 6) is -0.176. The number of aliphatic hydroxyl groups is 1. The van der Waals surface area contributed by atoms with Crippen LogP contribution in [0.5, 0.6) is 0 Å². The third-order valence-corrected chi connectivity index (χ3v) is 4.29. The fraction of sp³-hybridized carbons (Fsp3) is 0.357. The number of hydrogen-bond donors (Lipinski definition) is 2. The second-order valence-corrected chi connectivity index (χ2v) is 5.44. The van der Waals surface area contributed by atoms with Crippen molar-refractivity contribution in [3.63, 3.8) is 0 Å². The van der Waals surface area contributed by atoms with Crippen LogP contribution >= 0.6 is 11.8 Å². The summed E-state index contributed by atoms with van der Waals surface area (Å²) in [6.07, 6.45) is 3.39. The molecule has 1 aromatic carbocycles. The molecule has 5 heteroatoms. The van der Waals surface area contributed by atoms with E-state index in [1.807, 2.05) is 37.4 Å². The smallest absolute Gasteiger partial charge is 0.255 e. The van der Waals surface area contributed by atoms with Crippen LogP contribution in [0.3, 0.4) is 0 Å². The SMILES string of the molecule is CSC(CO)C(C)NC(=O)c1coc2ccccc12. The number of amides is 1. The Morgan fingerprint density at radius 1 is 1.47 bits per heavy atom. The van der Waals surface area contributed by atoms with E-state index in [-0.39, 0.29) is 23.8 Å². The maximum absolute atomic E-state index is 12.2. The van der Waals surface area contributed by atoms with Gasteiger partial charge in [-0.25, -0.2) is 0 Å². The van der Waals surface area contributed by atoms with E-state index >= 15 is 0 Å². The van der Waals surface area contributed by atoms with Crippen molar-refractivity contribution >= 4 is 28.6 Å². The summed E-state index contributed by atoms with van der Waals surface area (Å²) < 4.78 is 5.35. The Labute approximate surface area is 116 Å². The number of carbonyl (C=O) groups is 1. The average Bonchev–Trinajstić information content (AvgIpc) is 2.84. The third-order valence-electron chi connectivity index (χ3n) is 3.12. The van der Waals surface area contributed by atoms with Crippen LogP contribution in [0.15, 0.2) is 34.9 Å². The first kappa shape index (κ1) is 14.0. The number of fused-ring (bicyclic) bond motifs is 1. The van der Waals surface area contributed by atoms with Gasteiger partial charge in [0.05, 0.1) is 12.2 Å². The molecule has 0 aliphatic heterocycles. The zero-order chi connectivity index (χ0) is 13.8. The highest BCUT2D eigenvalue weighted by Crippen LogP contribution is 2.21. The van der Waals surface area contributed by atoms with Gasteiger partial charge in [0.15, 0.2) is 0 Å². The molecular formula is C14H17NO3S. The van der Waals surface area contributed by atoms with Gasteiger partial charge in [-0.05, 0) is 19.2 Å². The first-order valence-electron chi connectivity index (χ1n) is 6.08. The first-order chi connectivity index (χ1) is 9.17. The summed E-state index contributed by atoms with van der Waals surface area (Å²) in [6.45, 7) is 1.92. The maximum Gasteiger partial charge on any atom is 0.255 e. The van der Waals surface area contributed by atoms with E-state index < -0.39 is 0 Å². The van der Waals surface area contributed by atoms with Crippen LogP contribution in [-0.2, 0) is 0 Å². The molecule has 19 heavy (non-hydrogen) atoms. The van der Waals surface area contributed by atoms with E-state index in [9.17, 15) is 9.90 Å². The molecule has 2 aromatic rings. The molecule has 4 nitrogen and oxygen atoms in total. The highest BCUT2D eigenvalue weighted by molar-refractivity contribution is 7.99. The quantitative estimate of drug-likeness (QED) is 0.881. The zero-order valence-electron chi connectivity index (χ0n) is 10.9. The Balaban J connectivity index is 2.16. The number of aliphatic hydroxyl groups excluding tert-OH is 1. The Bertz CT molecular complexity index is 563. The summed E-state index contributed by atoms with van der Waals surface area (Å²) in [7, 11) is 0. The van der Waals surface area contributed by atoms with E-state index in [2.05, 4.69) is 5.32 Å². The number of para-hydroxylation sites is 1. The van der Waals surface area contributed by atoms with Crippen molar-refractivity contribution in [1.82, 2.24) is 5.32 Å². The van der Waals surface area contributed by atoms with Crippen LogP contribution < -0.4 is 5.32 Å². The van der Waals surface area contributed by atoms with Gasteiger partial charge in [-0.1, -0.05) is 18.2 Å². The van der Waals surface area contributed by atoms with Gasteiger partial charge in [-0.15, -0.1) is 0 Å². The maximum atomic E-state index is 12.2. The van der Waals surface area contributed by atoms with Gasteiger partial charge in [-0.3, -0.25) is 4.79 Å². The van der Waals surface area contributed by atoms with E-state index in [4.69, 9.17) is 4.42 Å². The standard InChI is InChI=1S/C14H17NO3S/c1-9(13(7-16)19-2)15-14(17)11-8-18-12-6-4-3-5-10(11)12/h3-6,8-9,13,16H,7H2,1-2H3,(H,15,17). The topological polar surface area (TPSA) is 62.5 Å². The molecule has 102 valence electrons. The highest BCUT2D eigenvalue weighted by atomic mass is 32.2. The minimum atomic E-state index is -0.176. The Morgan fingerprint density at radius 2 is 2.21 bits per heavy atom. The lowest BCUT2D eigenvalue weighted by atomic mass is 10.1. The Hall–Kier alpha value is -1.46. The van der Waals surface area contributed by atoms with Crippen molar-refractivity contribution in [2.45, 2.75) is 18.2 Å². The number of hydrogen-bond acceptors (Lipinski definition) is 4. The fourth-order valence-corrected chi connectivity index (χ4v) is 2.59. The van der Waals surface area contributed by atoms with Crippen LogP contribution in [0, 0.1) is 0 Å². The number of furan rings is 1. The molecule has 2 unspecified atom stereocenters. The summed E-state index contributed by atoms with van der Waals surface area (Å²) in [6, 6.07) is 7.31. The predicted molar refractivity (Wildman–Crippen MR) is 77.5 cm³/mol. The van der Waals surface area contributed by atoms with Gasteiger partial charge in [0.2, 0.25) is 0 Å². The fourth-order valence-electron chi connectivity index (χ4n) is 1.97. The third kappa shape index (κ3) is 2.93. The minimum Gasteiger partial charge on any atom is -0.463 e. The lowest BCUT2D eigenvalue weighted by molar-refractivity contribution is 0.0937. The molecule has 1 aromatic heterocycles. The van der Waals surface area contributed by atoms with Gasteiger partial charge >= 0.3 is 0 Å². The number of benzene rings is 1. The Kier molecular flexibility index (Phi) is 4.50. The van der Waals surface area contributed by atoms with Crippen molar-refractivity contribution in [3.05, 3.63) is 36.1 Å². The number of carbonyl (C=O) groups excluding carboxylic acids is 1. The molecular weight excluding hydrogens is 262 g/mol. The number of thioether (sulfide) groups is 1. The van der Waals surface area contributed by atoms with Crippen LogP contribution in [0.2, 0.25) is 0 Å². The number of nitrogens with one attached hydrogen (secondary N) is 1. The van der Waals surface area contributed by atoms with Crippen molar-refractivity contribution in [2.75, 3.05) is 12.9 Å². The second kappa shape index (κ2) is 6.12. The van der Waals surface area contributed by atoms with Gasteiger partial charge < -0.3 is 14.8 Å². The molecule has 0 spiro atoms. The lowest BCUT2D eigenvalue weighted by Gasteiger charge is -2.20.